The monoisotopic (exact) mass is 290 g/mol. The van der Waals surface area contributed by atoms with Crippen molar-refractivity contribution in [2.45, 2.75) is 39.3 Å². The predicted octanol–water partition coefficient (Wildman–Crippen LogP) is 3.15. The maximum atomic E-state index is 5.31. The molecule has 0 radical (unpaired) electrons. The van der Waals surface area contributed by atoms with Gasteiger partial charge in [0.15, 0.2) is 0 Å². The number of rotatable bonds is 8. The lowest BCUT2D eigenvalue weighted by Gasteiger charge is -2.43. The summed E-state index contributed by atoms with van der Waals surface area (Å²) in [7, 11) is 3.98. The summed E-state index contributed by atoms with van der Waals surface area (Å²) in [6.07, 6.45) is 2.69. The number of hydrogen-bond acceptors (Lipinski definition) is 3. The van der Waals surface area contributed by atoms with Gasteiger partial charge in [-0.2, -0.15) is 0 Å². The van der Waals surface area contributed by atoms with Gasteiger partial charge in [-0.25, -0.2) is 0 Å². The highest BCUT2D eigenvalue weighted by molar-refractivity contribution is 5.28. The molecule has 1 fully saturated rings. The van der Waals surface area contributed by atoms with E-state index in [0.29, 0.717) is 0 Å². The summed E-state index contributed by atoms with van der Waals surface area (Å²) < 4.78 is 5.31. The Morgan fingerprint density at radius 1 is 1.33 bits per heavy atom. The molecule has 0 bridgehead atoms. The molecule has 1 aromatic carbocycles. The number of hydrogen-bond donors (Lipinski definition) is 1. The molecule has 1 saturated carbocycles. The quantitative estimate of drug-likeness (QED) is 0.796. The molecule has 2 atom stereocenters. The van der Waals surface area contributed by atoms with Gasteiger partial charge >= 0.3 is 0 Å². The first-order valence-electron chi connectivity index (χ1n) is 8.14. The van der Waals surface area contributed by atoms with Crippen LogP contribution < -0.4 is 10.1 Å². The second-order valence-corrected chi connectivity index (χ2v) is 6.72. The lowest BCUT2D eigenvalue weighted by atomic mass is 9.78. The molecule has 0 amide bonds. The van der Waals surface area contributed by atoms with Crippen LogP contribution in [-0.2, 0) is 6.54 Å². The van der Waals surface area contributed by atoms with E-state index in [1.807, 2.05) is 6.07 Å². The van der Waals surface area contributed by atoms with Gasteiger partial charge in [0, 0.05) is 12.6 Å². The number of benzene rings is 1. The minimum Gasteiger partial charge on any atom is -0.497 e. The third-order valence-electron chi connectivity index (χ3n) is 4.47. The zero-order valence-electron chi connectivity index (χ0n) is 13.9. The molecule has 2 unspecified atom stereocenters. The number of ether oxygens (including phenoxy) is 1. The minimum atomic E-state index is 0.718. The third-order valence-corrected chi connectivity index (χ3v) is 4.47. The highest BCUT2D eigenvalue weighted by atomic mass is 16.5. The summed E-state index contributed by atoms with van der Waals surface area (Å²) in [4.78, 5) is 2.50. The van der Waals surface area contributed by atoms with E-state index in [2.05, 4.69) is 49.3 Å². The second kappa shape index (κ2) is 7.81. The molecule has 1 aliphatic carbocycles. The number of methoxy groups -OCH3 is 1. The molecule has 2 rings (SSSR count). The third kappa shape index (κ3) is 4.72. The summed E-state index contributed by atoms with van der Waals surface area (Å²) in [6, 6.07) is 9.12. The van der Waals surface area contributed by atoms with Gasteiger partial charge in [0.1, 0.15) is 5.75 Å². The largest absolute Gasteiger partial charge is 0.497 e. The topological polar surface area (TPSA) is 24.5 Å². The Labute approximate surface area is 129 Å². The van der Waals surface area contributed by atoms with Crippen molar-refractivity contribution in [3.63, 3.8) is 0 Å². The molecular formula is C18H30N2O. The highest BCUT2D eigenvalue weighted by Crippen LogP contribution is 2.32. The van der Waals surface area contributed by atoms with E-state index >= 15 is 0 Å². The predicted molar refractivity (Wildman–Crippen MR) is 88.7 cm³/mol. The average molecular weight is 290 g/mol. The van der Waals surface area contributed by atoms with Crippen molar-refractivity contribution < 1.29 is 4.74 Å². The van der Waals surface area contributed by atoms with Crippen molar-refractivity contribution in [3.05, 3.63) is 29.8 Å². The van der Waals surface area contributed by atoms with Crippen molar-refractivity contribution in [2.75, 3.05) is 27.2 Å². The lowest BCUT2D eigenvalue weighted by molar-refractivity contribution is 0.0776. The molecule has 1 aliphatic rings. The summed E-state index contributed by atoms with van der Waals surface area (Å²) >= 11 is 0. The maximum Gasteiger partial charge on any atom is 0.119 e. The van der Waals surface area contributed by atoms with Gasteiger partial charge in [0.25, 0.3) is 0 Å². The fourth-order valence-electron chi connectivity index (χ4n) is 3.10. The average Bonchev–Trinajstić information content (AvgIpc) is 2.42. The first-order chi connectivity index (χ1) is 10.1. The maximum absolute atomic E-state index is 5.31. The molecular weight excluding hydrogens is 260 g/mol. The Morgan fingerprint density at radius 2 is 2.14 bits per heavy atom. The molecule has 21 heavy (non-hydrogen) atoms. The van der Waals surface area contributed by atoms with Crippen molar-refractivity contribution in [2.24, 2.45) is 11.8 Å². The van der Waals surface area contributed by atoms with Gasteiger partial charge < -0.3 is 10.1 Å². The first kappa shape index (κ1) is 16.3. The van der Waals surface area contributed by atoms with Crippen LogP contribution >= 0.6 is 0 Å². The summed E-state index contributed by atoms with van der Waals surface area (Å²) in [5, 5.41) is 3.61. The molecule has 3 heteroatoms. The van der Waals surface area contributed by atoms with E-state index in [1.54, 1.807) is 7.11 Å². The van der Waals surface area contributed by atoms with E-state index in [1.165, 1.54) is 18.4 Å². The Balaban J connectivity index is 1.81. The lowest BCUT2D eigenvalue weighted by Crippen LogP contribution is -2.48. The normalized spacial score (nSPS) is 21.6. The summed E-state index contributed by atoms with van der Waals surface area (Å²) in [5.41, 5.74) is 1.33. The van der Waals surface area contributed by atoms with Gasteiger partial charge in [-0.3, -0.25) is 4.90 Å². The van der Waals surface area contributed by atoms with Gasteiger partial charge in [0.2, 0.25) is 0 Å². The molecule has 3 nitrogen and oxygen atoms in total. The van der Waals surface area contributed by atoms with Crippen LogP contribution in [0.5, 0.6) is 5.75 Å². The zero-order valence-corrected chi connectivity index (χ0v) is 13.9. The minimum absolute atomic E-state index is 0.718. The van der Waals surface area contributed by atoms with Crippen LogP contribution in [0.25, 0.3) is 0 Å². The Kier molecular flexibility index (Phi) is 6.07. The van der Waals surface area contributed by atoms with Crippen molar-refractivity contribution in [3.8, 4) is 5.75 Å². The highest BCUT2D eigenvalue weighted by Gasteiger charge is 2.33. The summed E-state index contributed by atoms with van der Waals surface area (Å²) in [5.74, 6) is 2.49. The fourth-order valence-corrected chi connectivity index (χ4v) is 3.10. The Morgan fingerprint density at radius 3 is 2.76 bits per heavy atom. The molecule has 0 aromatic heterocycles. The van der Waals surface area contributed by atoms with E-state index < -0.39 is 0 Å². The van der Waals surface area contributed by atoms with Crippen molar-refractivity contribution in [1.29, 1.82) is 0 Å². The Hall–Kier alpha value is -1.06. The molecule has 0 aliphatic heterocycles. The molecule has 118 valence electrons. The molecule has 0 saturated heterocycles. The van der Waals surface area contributed by atoms with E-state index in [-0.39, 0.29) is 0 Å². The van der Waals surface area contributed by atoms with Crippen molar-refractivity contribution in [1.82, 2.24) is 10.2 Å². The van der Waals surface area contributed by atoms with Crippen LogP contribution in [0, 0.1) is 11.8 Å². The van der Waals surface area contributed by atoms with Crippen LogP contribution in [0.2, 0.25) is 0 Å². The molecule has 1 aromatic rings. The van der Waals surface area contributed by atoms with E-state index in [0.717, 1.165) is 43.3 Å². The van der Waals surface area contributed by atoms with Crippen LogP contribution in [-0.4, -0.2) is 38.2 Å². The van der Waals surface area contributed by atoms with E-state index in [4.69, 9.17) is 4.74 Å². The number of nitrogens with one attached hydrogen (secondary N) is 1. The second-order valence-electron chi connectivity index (χ2n) is 6.72. The van der Waals surface area contributed by atoms with Crippen LogP contribution in [0.3, 0.4) is 0 Å². The van der Waals surface area contributed by atoms with Gasteiger partial charge in [-0.1, -0.05) is 26.0 Å². The van der Waals surface area contributed by atoms with Gasteiger partial charge in [0.05, 0.1) is 7.11 Å². The summed E-state index contributed by atoms with van der Waals surface area (Å²) in [6.45, 7) is 7.82. The van der Waals surface area contributed by atoms with Gasteiger partial charge in [-0.05, 0) is 62.5 Å². The van der Waals surface area contributed by atoms with Crippen molar-refractivity contribution >= 4 is 0 Å². The number of nitrogens with zero attached hydrogens (tertiary/aromatic N) is 1. The molecule has 0 heterocycles. The van der Waals surface area contributed by atoms with Gasteiger partial charge in [-0.15, -0.1) is 0 Å². The molecule has 0 spiro atoms. The van der Waals surface area contributed by atoms with Crippen LogP contribution in [0.4, 0.5) is 0 Å². The zero-order chi connectivity index (χ0) is 15.2. The smallest absolute Gasteiger partial charge is 0.119 e. The Bertz CT molecular complexity index is 433. The standard InChI is InChI=1S/C18H30N2O/c1-14(2)11-19-12-16-8-9-18(16)20(3)13-15-6-5-7-17(10-15)21-4/h5-7,10,14,16,18-19H,8-9,11-13H2,1-4H3. The van der Waals surface area contributed by atoms with Crippen LogP contribution in [0.15, 0.2) is 24.3 Å². The SMILES string of the molecule is COc1cccc(CN(C)C2CCC2CNCC(C)C)c1. The van der Waals surface area contributed by atoms with E-state index in [9.17, 15) is 0 Å². The first-order valence-corrected chi connectivity index (χ1v) is 8.14. The molecule has 1 N–H and O–H groups in total. The fraction of sp³-hybridized carbons (Fsp3) is 0.667. The van der Waals surface area contributed by atoms with Crippen LogP contribution in [0.1, 0.15) is 32.3 Å².